The quantitative estimate of drug-likeness (QED) is 0.909. The number of nitrogens with two attached hydrogens (primary N) is 1. The Morgan fingerprint density at radius 2 is 2.16 bits per heavy atom. The third-order valence-corrected chi connectivity index (χ3v) is 3.76. The zero-order valence-electron chi connectivity index (χ0n) is 11.2. The van der Waals surface area contributed by atoms with Gasteiger partial charge < -0.3 is 15.2 Å². The van der Waals surface area contributed by atoms with Crippen LogP contribution in [0.1, 0.15) is 30.8 Å². The summed E-state index contributed by atoms with van der Waals surface area (Å²) in [6.45, 7) is 4.82. The molecule has 1 aliphatic rings. The van der Waals surface area contributed by atoms with Crippen molar-refractivity contribution in [2.24, 2.45) is 5.73 Å². The molecule has 0 radical (unpaired) electrons. The fraction of sp³-hybridized carbons (Fsp3) is 0.429. The Kier molecular flexibility index (Phi) is 3.21. The Morgan fingerprint density at radius 3 is 3.00 bits per heavy atom. The first-order chi connectivity index (χ1) is 9.29. The van der Waals surface area contributed by atoms with Crippen LogP contribution in [0.5, 0.6) is 0 Å². The number of rotatable bonds is 3. The molecule has 2 N–H and O–H groups in total. The van der Waals surface area contributed by atoms with Gasteiger partial charge >= 0.3 is 0 Å². The highest BCUT2D eigenvalue weighted by atomic mass is 15.3. The minimum Gasteiger partial charge on any atom is -0.362 e. The van der Waals surface area contributed by atoms with Crippen LogP contribution < -0.4 is 10.6 Å². The van der Waals surface area contributed by atoms with Gasteiger partial charge in [-0.1, -0.05) is 25.1 Å². The Labute approximate surface area is 113 Å². The molecular formula is C14H19N5. The average Bonchev–Trinajstić information content (AvgIpc) is 2.93. The van der Waals surface area contributed by atoms with E-state index in [1.165, 1.54) is 11.3 Å². The number of fused-ring (bicyclic) bond motifs is 1. The van der Waals surface area contributed by atoms with Gasteiger partial charge in [-0.25, -0.2) is 0 Å². The molecule has 0 fully saturated rings. The lowest BCUT2D eigenvalue weighted by molar-refractivity contribution is 0.556. The summed E-state index contributed by atoms with van der Waals surface area (Å²) >= 11 is 0. The molecule has 5 heteroatoms. The second-order valence-electron chi connectivity index (χ2n) is 4.94. The maximum absolute atomic E-state index is 6.22. The third-order valence-electron chi connectivity index (χ3n) is 3.76. The first-order valence-corrected chi connectivity index (χ1v) is 6.75. The highest BCUT2D eigenvalue weighted by Crippen LogP contribution is 2.28. The molecular weight excluding hydrogens is 238 g/mol. The summed E-state index contributed by atoms with van der Waals surface area (Å²) in [6.07, 6.45) is 2.75. The van der Waals surface area contributed by atoms with E-state index >= 15 is 0 Å². The lowest BCUT2D eigenvalue weighted by Gasteiger charge is -2.31. The molecule has 100 valence electrons. The van der Waals surface area contributed by atoms with Gasteiger partial charge in [0.15, 0.2) is 5.82 Å². The van der Waals surface area contributed by atoms with Crippen molar-refractivity contribution in [3.63, 3.8) is 0 Å². The van der Waals surface area contributed by atoms with Crippen molar-refractivity contribution in [1.29, 1.82) is 0 Å². The fourth-order valence-electron chi connectivity index (χ4n) is 2.58. The summed E-state index contributed by atoms with van der Waals surface area (Å²) in [5.41, 5.74) is 8.66. The van der Waals surface area contributed by atoms with Crippen LogP contribution in [-0.4, -0.2) is 21.3 Å². The Bertz CT molecular complexity index is 562. The van der Waals surface area contributed by atoms with Crippen LogP contribution in [0.25, 0.3) is 0 Å². The number of nitrogens with zero attached hydrogens (tertiary/aromatic N) is 4. The van der Waals surface area contributed by atoms with Gasteiger partial charge in [0.25, 0.3) is 0 Å². The van der Waals surface area contributed by atoms with Crippen LogP contribution in [0, 0.1) is 0 Å². The molecule has 2 aromatic rings. The molecule has 1 aliphatic heterocycles. The van der Waals surface area contributed by atoms with E-state index in [0.717, 1.165) is 31.9 Å². The van der Waals surface area contributed by atoms with Gasteiger partial charge in [-0.2, -0.15) is 0 Å². The van der Waals surface area contributed by atoms with E-state index in [9.17, 15) is 0 Å². The zero-order chi connectivity index (χ0) is 13.2. The predicted molar refractivity (Wildman–Crippen MR) is 74.7 cm³/mol. The van der Waals surface area contributed by atoms with E-state index in [1.807, 2.05) is 0 Å². The number of benzene rings is 1. The van der Waals surface area contributed by atoms with E-state index < -0.39 is 0 Å². The molecule has 0 bridgehead atoms. The van der Waals surface area contributed by atoms with Crippen LogP contribution in [0.2, 0.25) is 0 Å². The average molecular weight is 257 g/mol. The Balaban J connectivity index is 1.91. The highest BCUT2D eigenvalue weighted by Gasteiger charge is 2.20. The van der Waals surface area contributed by atoms with Gasteiger partial charge in [0.1, 0.15) is 6.33 Å². The first-order valence-electron chi connectivity index (χ1n) is 6.75. The maximum atomic E-state index is 6.22. The largest absolute Gasteiger partial charge is 0.362 e. The van der Waals surface area contributed by atoms with Gasteiger partial charge in [-0.15, -0.1) is 10.2 Å². The Hall–Kier alpha value is -1.88. The maximum Gasteiger partial charge on any atom is 0.152 e. The van der Waals surface area contributed by atoms with E-state index in [1.54, 1.807) is 6.33 Å². The second-order valence-corrected chi connectivity index (χ2v) is 4.94. The van der Waals surface area contributed by atoms with Gasteiger partial charge in [0.05, 0.1) is 6.54 Å². The van der Waals surface area contributed by atoms with E-state index in [4.69, 9.17) is 5.73 Å². The molecule has 19 heavy (non-hydrogen) atoms. The number of hydrogen-bond donors (Lipinski definition) is 1. The van der Waals surface area contributed by atoms with Crippen LogP contribution in [-0.2, 0) is 13.1 Å². The van der Waals surface area contributed by atoms with Gasteiger partial charge in [-0.05, 0) is 18.1 Å². The lowest BCUT2D eigenvalue weighted by Crippen LogP contribution is -2.34. The lowest BCUT2D eigenvalue weighted by atomic mass is 10.0. The molecule has 1 atom stereocenters. The van der Waals surface area contributed by atoms with E-state index in [2.05, 4.69) is 50.9 Å². The third kappa shape index (κ3) is 2.21. The molecule has 5 nitrogen and oxygen atoms in total. The monoisotopic (exact) mass is 257 g/mol. The molecule has 0 spiro atoms. The van der Waals surface area contributed by atoms with Crippen LogP contribution in [0.4, 0.5) is 5.69 Å². The molecule has 3 rings (SSSR count). The summed E-state index contributed by atoms with van der Waals surface area (Å²) < 4.78 is 2.11. The van der Waals surface area contributed by atoms with Crippen LogP contribution in [0.3, 0.4) is 0 Å². The summed E-state index contributed by atoms with van der Waals surface area (Å²) in [6, 6.07) is 8.50. The summed E-state index contributed by atoms with van der Waals surface area (Å²) in [4.78, 5) is 2.34. The highest BCUT2D eigenvalue weighted by molar-refractivity contribution is 5.55. The Morgan fingerprint density at radius 1 is 1.32 bits per heavy atom. The molecule has 1 aromatic carbocycles. The van der Waals surface area contributed by atoms with Crippen molar-refractivity contribution in [2.45, 2.75) is 32.5 Å². The molecule has 2 heterocycles. The second kappa shape index (κ2) is 5.01. The molecule has 0 unspecified atom stereocenters. The normalized spacial score (nSPS) is 16.2. The van der Waals surface area contributed by atoms with Crippen molar-refractivity contribution < 1.29 is 0 Å². The molecule has 0 saturated carbocycles. The van der Waals surface area contributed by atoms with Crippen LogP contribution >= 0.6 is 0 Å². The number of hydrogen-bond acceptors (Lipinski definition) is 4. The molecule has 0 amide bonds. The number of para-hydroxylation sites is 1. The molecule has 1 aromatic heterocycles. The SMILES string of the molecule is CC[C@@H](N)c1ccccc1N1CCn2cnnc2C1. The standard InChI is InChI=1S/C14H19N5/c1-2-12(15)11-5-3-4-6-13(11)18-7-8-19-10-16-17-14(19)9-18/h3-6,10,12H,2,7-9,15H2,1H3/t12-/m1/s1. The minimum atomic E-state index is 0.0935. The van der Waals surface area contributed by atoms with Gasteiger partial charge in [0, 0.05) is 24.8 Å². The summed E-state index contributed by atoms with van der Waals surface area (Å²) in [5, 5.41) is 8.13. The number of aromatic nitrogens is 3. The summed E-state index contributed by atoms with van der Waals surface area (Å²) in [5.74, 6) is 1.02. The van der Waals surface area contributed by atoms with Crippen molar-refractivity contribution in [3.8, 4) is 0 Å². The van der Waals surface area contributed by atoms with Gasteiger partial charge in [-0.3, -0.25) is 0 Å². The van der Waals surface area contributed by atoms with Crippen molar-refractivity contribution in [1.82, 2.24) is 14.8 Å². The topological polar surface area (TPSA) is 60.0 Å². The molecule has 0 saturated heterocycles. The van der Waals surface area contributed by atoms with Crippen molar-refractivity contribution >= 4 is 5.69 Å². The zero-order valence-corrected chi connectivity index (χ0v) is 11.2. The van der Waals surface area contributed by atoms with Crippen LogP contribution in [0.15, 0.2) is 30.6 Å². The number of anilines is 1. The van der Waals surface area contributed by atoms with Gasteiger partial charge in [0.2, 0.25) is 0 Å². The minimum absolute atomic E-state index is 0.0935. The predicted octanol–water partition coefficient (Wildman–Crippen LogP) is 1.71. The fourth-order valence-corrected chi connectivity index (χ4v) is 2.58. The summed E-state index contributed by atoms with van der Waals surface area (Å²) in [7, 11) is 0. The van der Waals surface area contributed by atoms with E-state index in [0.29, 0.717) is 0 Å². The smallest absolute Gasteiger partial charge is 0.152 e. The van der Waals surface area contributed by atoms with E-state index in [-0.39, 0.29) is 6.04 Å². The molecule has 0 aliphatic carbocycles. The van der Waals surface area contributed by atoms with Crippen molar-refractivity contribution in [2.75, 3.05) is 11.4 Å². The van der Waals surface area contributed by atoms with Crippen molar-refractivity contribution in [3.05, 3.63) is 42.0 Å². The first kappa shape index (κ1) is 12.2.